The molecule has 2 aromatic rings. The van der Waals surface area contributed by atoms with Crippen LogP contribution in [0.3, 0.4) is 0 Å². The summed E-state index contributed by atoms with van der Waals surface area (Å²) in [6.07, 6.45) is 1.02. The van der Waals surface area contributed by atoms with Crippen molar-refractivity contribution in [1.82, 2.24) is 9.62 Å². The molecule has 0 aromatic heterocycles. The first-order valence-electron chi connectivity index (χ1n) is 8.28. The minimum Gasteiger partial charge on any atom is -0.399 e. The molecule has 26 heavy (non-hydrogen) atoms. The summed E-state index contributed by atoms with van der Waals surface area (Å²) < 4.78 is 40.3. The first kappa shape index (κ1) is 18.3. The Hall–Kier alpha value is -2.45. The standard InChI is InChI=1S/C18H20FN3O3S/c19-14-4-6-17(7-5-14)26(24,25)21-16-8-10-22(11-9-16)18(23)13-2-1-3-15(20)12-13/h1-7,12,16,21H,8-11,20H2. The Morgan fingerprint density at radius 2 is 1.77 bits per heavy atom. The summed E-state index contributed by atoms with van der Waals surface area (Å²) in [5, 5.41) is 0. The van der Waals surface area contributed by atoms with E-state index in [0.29, 0.717) is 37.2 Å². The third-order valence-corrected chi connectivity index (χ3v) is 5.90. The maximum atomic E-state index is 13.0. The SMILES string of the molecule is Nc1cccc(C(=O)N2CCC(NS(=O)(=O)c3ccc(F)cc3)CC2)c1. The number of halogens is 1. The van der Waals surface area contributed by atoms with Crippen LogP contribution in [0.5, 0.6) is 0 Å². The molecule has 0 spiro atoms. The average Bonchev–Trinajstić information content (AvgIpc) is 2.62. The smallest absolute Gasteiger partial charge is 0.253 e. The van der Waals surface area contributed by atoms with Gasteiger partial charge in [0.25, 0.3) is 5.91 Å². The van der Waals surface area contributed by atoms with Gasteiger partial charge in [-0.05, 0) is 55.3 Å². The molecule has 0 bridgehead atoms. The minimum atomic E-state index is -3.71. The second-order valence-electron chi connectivity index (χ2n) is 6.27. The number of anilines is 1. The summed E-state index contributed by atoms with van der Waals surface area (Å²) >= 11 is 0. The van der Waals surface area contributed by atoms with E-state index < -0.39 is 15.8 Å². The third-order valence-electron chi connectivity index (χ3n) is 4.36. The molecule has 8 heteroatoms. The quantitative estimate of drug-likeness (QED) is 0.797. The van der Waals surface area contributed by atoms with Crippen molar-refractivity contribution in [3.63, 3.8) is 0 Å². The normalized spacial score (nSPS) is 15.8. The zero-order valence-electron chi connectivity index (χ0n) is 14.1. The molecule has 138 valence electrons. The highest BCUT2D eigenvalue weighted by Crippen LogP contribution is 2.18. The summed E-state index contributed by atoms with van der Waals surface area (Å²) in [7, 11) is -3.71. The van der Waals surface area contributed by atoms with Crippen LogP contribution in [0.4, 0.5) is 10.1 Å². The van der Waals surface area contributed by atoms with Crippen LogP contribution in [-0.2, 0) is 10.0 Å². The van der Waals surface area contributed by atoms with E-state index >= 15 is 0 Å². The van der Waals surface area contributed by atoms with Gasteiger partial charge < -0.3 is 10.6 Å². The Labute approximate surface area is 151 Å². The van der Waals surface area contributed by atoms with Gasteiger partial charge in [-0.25, -0.2) is 17.5 Å². The molecule has 0 saturated carbocycles. The van der Waals surface area contributed by atoms with Gasteiger partial charge in [0.05, 0.1) is 4.90 Å². The first-order valence-corrected chi connectivity index (χ1v) is 9.76. The van der Waals surface area contributed by atoms with E-state index in [-0.39, 0.29) is 16.8 Å². The number of rotatable bonds is 4. The van der Waals surface area contributed by atoms with Crippen molar-refractivity contribution in [2.45, 2.75) is 23.8 Å². The van der Waals surface area contributed by atoms with Crippen molar-refractivity contribution in [2.24, 2.45) is 0 Å². The van der Waals surface area contributed by atoms with Crippen LogP contribution in [0.2, 0.25) is 0 Å². The largest absolute Gasteiger partial charge is 0.399 e. The van der Waals surface area contributed by atoms with Crippen LogP contribution in [0.1, 0.15) is 23.2 Å². The van der Waals surface area contributed by atoms with E-state index in [0.717, 1.165) is 12.1 Å². The Morgan fingerprint density at radius 1 is 1.12 bits per heavy atom. The van der Waals surface area contributed by atoms with Crippen LogP contribution >= 0.6 is 0 Å². The Morgan fingerprint density at radius 3 is 2.38 bits per heavy atom. The van der Waals surface area contributed by atoms with Crippen LogP contribution in [0.25, 0.3) is 0 Å². The summed E-state index contributed by atoms with van der Waals surface area (Å²) in [6.45, 7) is 0.897. The number of nitrogens with zero attached hydrogens (tertiary/aromatic N) is 1. The topological polar surface area (TPSA) is 92.5 Å². The maximum Gasteiger partial charge on any atom is 0.253 e. The Balaban J connectivity index is 1.60. The molecule has 0 radical (unpaired) electrons. The van der Waals surface area contributed by atoms with Gasteiger partial charge in [0, 0.05) is 30.4 Å². The van der Waals surface area contributed by atoms with Gasteiger partial charge in [0.15, 0.2) is 0 Å². The third kappa shape index (κ3) is 4.20. The fraction of sp³-hybridized carbons (Fsp3) is 0.278. The molecule has 1 aliphatic rings. The maximum absolute atomic E-state index is 13.0. The molecule has 6 nitrogen and oxygen atoms in total. The number of nitrogen functional groups attached to an aromatic ring is 1. The summed E-state index contributed by atoms with van der Waals surface area (Å²) in [6, 6.07) is 11.2. The van der Waals surface area contributed by atoms with Gasteiger partial charge in [-0.3, -0.25) is 4.79 Å². The predicted octanol–water partition coefficient (Wildman–Crippen LogP) is 1.99. The fourth-order valence-corrected chi connectivity index (χ4v) is 4.26. The van der Waals surface area contributed by atoms with Crippen molar-refractivity contribution >= 4 is 21.6 Å². The second kappa shape index (κ2) is 7.43. The van der Waals surface area contributed by atoms with E-state index in [2.05, 4.69) is 4.72 Å². The number of carbonyl (C=O) groups excluding carboxylic acids is 1. The highest BCUT2D eigenvalue weighted by molar-refractivity contribution is 7.89. The molecule has 1 saturated heterocycles. The summed E-state index contributed by atoms with van der Waals surface area (Å²) in [5.41, 5.74) is 6.76. The molecule has 2 aromatic carbocycles. The van der Waals surface area contributed by atoms with Crippen molar-refractivity contribution < 1.29 is 17.6 Å². The van der Waals surface area contributed by atoms with Crippen molar-refractivity contribution in [3.8, 4) is 0 Å². The number of likely N-dealkylation sites (tertiary alicyclic amines) is 1. The van der Waals surface area contributed by atoms with Gasteiger partial charge in [0.1, 0.15) is 5.82 Å². The van der Waals surface area contributed by atoms with Crippen LogP contribution in [0, 0.1) is 5.82 Å². The molecular formula is C18H20FN3O3S. The van der Waals surface area contributed by atoms with Crippen LogP contribution in [0.15, 0.2) is 53.4 Å². The van der Waals surface area contributed by atoms with E-state index in [1.54, 1.807) is 29.2 Å². The van der Waals surface area contributed by atoms with Gasteiger partial charge in [-0.1, -0.05) is 6.07 Å². The molecule has 3 rings (SSSR count). The molecule has 0 atom stereocenters. The van der Waals surface area contributed by atoms with Crippen molar-refractivity contribution in [1.29, 1.82) is 0 Å². The van der Waals surface area contributed by atoms with Crippen LogP contribution in [-0.4, -0.2) is 38.4 Å². The molecule has 1 fully saturated rings. The van der Waals surface area contributed by atoms with E-state index in [9.17, 15) is 17.6 Å². The molecule has 3 N–H and O–H groups in total. The Kier molecular flexibility index (Phi) is 5.24. The summed E-state index contributed by atoms with van der Waals surface area (Å²) in [4.78, 5) is 14.2. The van der Waals surface area contributed by atoms with Gasteiger partial charge in [0.2, 0.25) is 10.0 Å². The number of hydrogen-bond donors (Lipinski definition) is 2. The summed E-state index contributed by atoms with van der Waals surface area (Å²) in [5.74, 6) is -0.602. The number of nitrogens with two attached hydrogens (primary N) is 1. The fourth-order valence-electron chi connectivity index (χ4n) is 2.96. The lowest BCUT2D eigenvalue weighted by molar-refractivity contribution is 0.0711. The molecule has 0 aliphatic carbocycles. The number of nitrogens with one attached hydrogen (secondary N) is 1. The average molecular weight is 377 g/mol. The number of sulfonamides is 1. The van der Waals surface area contributed by atoms with Crippen LogP contribution < -0.4 is 10.5 Å². The lowest BCUT2D eigenvalue weighted by atomic mass is 10.0. The number of amides is 1. The number of carbonyl (C=O) groups is 1. The number of hydrogen-bond acceptors (Lipinski definition) is 4. The first-order chi connectivity index (χ1) is 12.3. The zero-order chi connectivity index (χ0) is 18.7. The Bertz CT molecular complexity index is 892. The van der Waals surface area contributed by atoms with E-state index in [4.69, 9.17) is 5.73 Å². The highest BCUT2D eigenvalue weighted by atomic mass is 32.2. The minimum absolute atomic E-state index is 0.0252. The van der Waals surface area contributed by atoms with E-state index in [1.807, 2.05) is 0 Å². The highest BCUT2D eigenvalue weighted by Gasteiger charge is 2.27. The number of piperidine rings is 1. The van der Waals surface area contributed by atoms with E-state index in [1.165, 1.54) is 12.1 Å². The van der Waals surface area contributed by atoms with Crippen molar-refractivity contribution in [3.05, 3.63) is 59.9 Å². The lowest BCUT2D eigenvalue weighted by Crippen LogP contribution is -2.46. The molecule has 1 aliphatic heterocycles. The van der Waals surface area contributed by atoms with Gasteiger partial charge in [-0.15, -0.1) is 0 Å². The molecule has 1 heterocycles. The van der Waals surface area contributed by atoms with Gasteiger partial charge in [-0.2, -0.15) is 0 Å². The number of benzene rings is 2. The molecular weight excluding hydrogens is 357 g/mol. The molecule has 0 unspecified atom stereocenters. The predicted molar refractivity (Wildman–Crippen MR) is 96.5 cm³/mol. The lowest BCUT2D eigenvalue weighted by Gasteiger charge is -2.32. The monoisotopic (exact) mass is 377 g/mol. The molecule has 1 amide bonds. The zero-order valence-corrected chi connectivity index (χ0v) is 14.9. The van der Waals surface area contributed by atoms with Gasteiger partial charge >= 0.3 is 0 Å². The van der Waals surface area contributed by atoms with Crippen molar-refractivity contribution in [2.75, 3.05) is 18.8 Å². The second-order valence-corrected chi connectivity index (χ2v) is 7.98.